The van der Waals surface area contributed by atoms with Gasteiger partial charge in [-0.1, -0.05) is 0 Å². The molecule has 0 unspecified atom stereocenters. The van der Waals surface area contributed by atoms with Gasteiger partial charge in [-0.15, -0.1) is 0 Å². The van der Waals surface area contributed by atoms with Crippen molar-refractivity contribution in [2.75, 3.05) is 42.3 Å². The van der Waals surface area contributed by atoms with E-state index in [1.807, 2.05) is 20.0 Å². The van der Waals surface area contributed by atoms with Crippen LogP contribution in [0, 0.1) is 5.41 Å². The third-order valence-electron chi connectivity index (χ3n) is 4.50. The molecule has 1 saturated heterocycles. The first-order valence-electron chi connectivity index (χ1n) is 9.33. The largest absolute Gasteiger partial charge is 0.491 e. The van der Waals surface area contributed by atoms with Gasteiger partial charge in [-0.05, 0) is 32.8 Å². The zero-order chi connectivity index (χ0) is 19.2. The number of hydrogen-bond donors (Lipinski definition) is 3. The first kappa shape index (κ1) is 18.9. The van der Waals surface area contributed by atoms with Gasteiger partial charge in [0.1, 0.15) is 11.6 Å². The summed E-state index contributed by atoms with van der Waals surface area (Å²) in [4.78, 5) is 15.7. The summed E-state index contributed by atoms with van der Waals surface area (Å²) < 4.78 is 5.38. The Labute approximate surface area is 159 Å². The number of aromatic nitrogens is 3. The summed E-state index contributed by atoms with van der Waals surface area (Å²) in [5, 5.41) is 14.4. The Balaban J connectivity index is 1.85. The van der Waals surface area contributed by atoms with Crippen LogP contribution in [0.5, 0.6) is 5.75 Å². The Morgan fingerprint density at radius 2 is 1.96 bits per heavy atom. The van der Waals surface area contributed by atoms with Gasteiger partial charge >= 0.3 is 0 Å². The third kappa shape index (κ3) is 4.45. The molecular weight excluding hydrogens is 342 g/mol. The predicted molar refractivity (Wildman–Crippen MR) is 108 cm³/mol. The molecule has 1 aliphatic heterocycles. The molecule has 0 saturated carbocycles. The maximum absolute atomic E-state index is 8.06. The molecular formula is C19H27N7O. The number of nitrogens with one attached hydrogen (secondary N) is 3. The van der Waals surface area contributed by atoms with Crippen LogP contribution in [-0.2, 0) is 6.54 Å². The zero-order valence-corrected chi connectivity index (χ0v) is 16.2. The van der Waals surface area contributed by atoms with Crippen molar-refractivity contribution in [3.05, 3.63) is 29.6 Å². The van der Waals surface area contributed by atoms with Gasteiger partial charge in [-0.2, -0.15) is 0 Å². The van der Waals surface area contributed by atoms with Crippen molar-refractivity contribution in [1.29, 1.82) is 5.41 Å². The smallest absolute Gasteiger partial charge is 0.223 e. The molecule has 27 heavy (non-hydrogen) atoms. The topological polar surface area (TPSA) is 99.0 Å². The minimum atomic E-state index is 0.485. The molecule has 1 aliphatic rings. The van der Waals surface area contributed by atoms with E-state index in [0.717, 1.165) is 35.9 Å². The van der Waals surface area contributed by atoms with Gasteiger partial charge in [0.05, 0.1) is 19.0 Å². The minimum absolute atomic E-state index is 0.485. The lowest BCUT2D eigenvalue weighted by molar-refractivity contribution is 0.337. The SMILES string of the molecule is CCOc1cnc(NCc2cc(C(C)=N)c(NC)nc2N2CCCC2)nc1. The molecule has 0 bridgehead atoms. The highest BCUT2D eigenvalue weighted by atomic mass is 16.5. The zero-order valence-electron chi connectivity index (χ0n) is 16.2. The van der Waals surface area contributed by atoms with Crippen LogP contribution in [0.2, 0.25) is 0 Å². The Hall–Kier alpha value is -2.90. The first-order chi connectivity index (χ1) is 13.1. The molecule has 8 nitrogen and oxygen atoms in total. The van der Waals surface area contributed by atoms with Gasteiger partial charge in [0.2, 0.25) is 5.95 Å². The fourth-order valence-electron chi connectivity index (χ4n) is 3.18. The van der Waals surface area contributed by atoms with Gasteiger partial charge in [0.15, 0.2) is 5.75 Å². The molecule has 0 aromatic carbocycles. The quantitative estimate of drug-likeness (QED) is 0.615. The molecule has 3 N–H and O–H groups in total. The van der Waals surface area contributed by atoms with Crippen molar-refractivity contribution in [1.82, 2.24) is 15.0 Å². The van der Waals surface area contributed by atoms with E-state index in [0.29, 0.717) is 30.6 Å². The molecule has 2 aromatic heterocycles. The summed E-state index contributed by atoms with van der Waals surface area (Å²) in [5.41, 5.74) is 2.33. The Bertz CT molecular complexity index is 785. The van der Waals surface area contributed by atoms with E-state index in [1.165, 1.54) is 12.8 Å². The third-order valence-corrected chi connectivity index (χ3v) is 4.50. The number of ether oxygens (including phenoxy) is 1. The lowest BCUT2D eigenvalue weighted by Crippen LogP contribution is -2.23. The Morgan fingerprint density at radius 1 is 1.26 bits per heavy atom. The highest BCUT2D eigenvalue weighted by molar-refractivity contribution is 6.01. The second-order valence-electron chi connectivity index (χ2n) is 6.47. The second kappa shape index (κ2) is 8.66. The van der Waals surface area contributed by atoms with E-state index in [1.54, 1.807) is 19.3 Å². The Morgan fingerprint density at radius 3 is 2.56 bits per heavy atom. The van der Waals surface area contributed by atoms with Crippen molar-refractivity contribution >= 4 is 23.3 Å². The van der Waals surface area contributed by atoms with Crippen molar-refractivity contribution < 1.29 is 4.74 Å². The van der Waals surface area contributed by atoms with E-state index in [4.69, 9.17) is 15.1 Å². The van der Waals surface area contributed by atoms with E-state index in [9.17, 15) is 0 Å². The van der Waals surface area contributed by atoms with Crippen LogP contribution in [0.4, 0.5) is 17.6 Å². The number of anilines is 3. The maximum atomic E-state index is 8.06. The number of pyridine rings is 1. The van der Waals surface area contributed by atoms with E-state index in [2.05, 4.69) is 25.5 Å². The van der Waals surface area contributed by atoms with Crippen LogP contribution in [0.15, 0.2) is 18.5 Å². The average molecular weight is 369 g/mol. The highest BCUT2D eigenvalue weighted by Gasteiger charge is 2.20. The summed E-state index contributed by atoms with van der Waals surface area (Å²) >= 11 is 0. The van der Waals surface area contributed by atoms with Crippen LogP contribution >= 0.6 is 0 Å². The van der Waals surface area contributed by atoms with Crippen molar-refractivity contribution in [2.24, 2.45) is 0 Å². The number of nitrogens with zero attached hydrogens (tertiary/aromatic N) is 4. The molecule has 144 valence electrons. The normalized spacial score (nSPS) is 13.5. The van der Waals surface area contributed by atoms with Gasteiger partial charge in [0, 0.05) is 43.5 Å². The van der Waals surface area contributed by atoms with E-state index >= 15 is 0 Å². The summed E-state index contributed by atoms with van der Waals surface area (Å²) in [5.74, 6) is 2.89. The Kier molecular flexibility index (Phi) is 6.05. The molecule has 0 spiro atoms. The highest BCUT2D eigenvalue weighted by Crippen LogP contribution is 2.28. The first-order valence-corrected chi connectivity index (χ1v) is 9.33. The molecule has 3 rings (SSSR count). The van der Waals surface area contributed by atoms with Crippen LogP contribution in [0.3, 0.4) is 0 Å². The van der Waals surface area contributed by atoms with Crippen LogP contribution < -0.4 is 20.3 Å². The van der Waals surface area contributed by atoms with Gasteiger partial charge in [-0.3, -0.25) is 0 Å². The van der Waals surface area contributed by atoms with E-state index < -0.39 is 0 Å². The lowest BCUT2D eigenvalue weighted by Gasteiger charge is -2.23. The molecule has 8 heteroatoms. The van der Waals surface area contributed by atoms with Gasteiger partial charge in [-0.25, -0.2) is 15.0 Å². The van der Waals surface area contributed by atoms with Crippen molar-refractivity contribution in [3.8, 4) is 5.75 Å². The average Bonchev–Trinajstić information content (AvgIpc) is 3.21. The molecule has 2 aromatic rings. The summed E-state index contributed by atoms with van der Waals surface area (Å²) in [7, 11) is 1.84. The number of hydrogen-bond acceptors (Lipinski definition) is 8. The fraction of sp³-hybridized carbons (Fsp3) is 0.474. The van der Waals surface area contributed by atoms with Gasteiger partial charge < -0.3 is 25.7 Å². The van der Waals surface area contributed by atoms with Crippen LogP contribution in [-0.4, -0.2) is 47.4 Å². The molecule has 1 fully saturated rings. The standard InChI is InChI=1S/C19H27N7O/c1-4-27-15-11-23-19(24-12-15)22-10-14-9-16(13(2)20)17(21-3)25-18(14)26-7-5-6-8-26/h9,11-12,20H,4-8,10H2,1-3H3,(H,21,25)(H,22,23,24). The predicted octanol–water partition coefficient (Wildman–Crippen LogP) is 2.91. The lowest BCUT2D eigenvalue weighted by atomic mass is 10.1. The van der Waals surface area contributed by atoms with Crippen molar-refractivity contribution in [2.45, 2.75) is 33.2 Å². The number of rotatable bonds is 8. The van der Waals surface area contributed by atoms with Crippen LogP contribution in [0.1, 0.15) is 37.8 Å². The fourth-order valence-corrected chi connectivity index (χ4v) is 3.18. The van der Waals surface area contributed by atoms with Crippen LogP contribution in [0.25, 0.3) is 0 Å². The summed E-state index contributed by atoms with van der Waals surface area (Å²) in [6.07, 6.45) is 5.68. The van der Waals surface area contributed by atoms with Crippen molar-refractivity contribution in [3.63, 3.8) is 0 Å². The molecule has 0 amide bonds. The minimum Gasteiger partial charge on any atom is -0.491 e. The second-order valence-corrected chi connectivity index (χ2v) is 6.47. The molecule has 0 aliphatic carbocycles. The monoisotopic (exact) mass is 369 g/mol. The summed E-state index contributed by atoms with van der Waals surface area (Å²) in [6.45, 7) is 6.84. The molecule has 0 atom stereocenters. The molecule has 3 heterocycles. The summed E-state index contributed by atoms with van der Waals surface area (Å²) in [6, 6.07) is 2.04. The molecule has 0 radical (unpaired) electrons. The maximum Gasteiger partial charge on any atom is 0.223 e. The van der Waals surface area contributed by atoms with E-state index in [-0.39, 0.29) is 0 Å². The van der Waals surface area contributed by atoms with Gasteiger partial charge in [0.25, 0.3) is 0 Å².